The lowest BCUT2D eigenvalue weighted by atomic mass is 10.1. The van der Waals surface area contributed by atoms with E-state index < -0.39 is 0 Å². The average Bonchev–Trinajstić information content (AvgIpc) is 2.71. The standard InChI is InChI=1S/C21H22N4O3/c1-3-25(21-16-10-14(2)4-6-17(16)22-13-23-21)12-20(26)24-15-5-7-18-19(11-15)28-9-8-27-18/h4-7,10-11,13H,3,8-9,12H2,1-2H3,(H,24,26). The smallest absolute Gasteiger partial charge is 0.243 e. The normalized spacial score (nSPS) is 12.6. The average molecular weight is 378 g/mol. The SMILES string of the molecule is CCN(CC(=O)Nc1ccc2c(c1)OCCO2)c1ncnc2ccc(C)cc12. The van der Waals surface area contributed by atoms with Crippen LogP contribution in [0, 0.1) is 6.92 Å². The monoisotopic (exact) mass is 378 g/mol. The maximum Gasteiger partial charge on any atom is 0.243 e. The number of carbonyl (C=O) groups excluding carboxylic acids is 1. The third-order valence-corrected chi connectivity index (χ3v) is 4.61. The molecule has 0 saturated carbocycles. The van der Waals surface area contributed by atoms with Crippen molar-refractivity contribution in [1.29, 1.82) is 0 Å². The lowest BCUT2D eigenvalue weighted by Gasteiger charge is -2.23. The van der Waals surface area contributed by atoms with Gasteiger partial charge in [0.25, 0.3) is 0 Å². The number of nitrogens with zero attached hydrogens (tertiary/aromatic N) is 3. The summed E-state index contributed by atoms with van der Waals surface area (Å²) >= 11 is 0. The van der Waals surface area contributed by atoms with Crippen LogP contribution in [0.25, 0.3) is 10.9 Å². The first-order chi connectivity index (χ1) is 13.6. The van der Waals surface area contributed by atoms with E-state index in [9.17, 15) is 4.79 Å². The van der Waals surface area contributed by atoms with Crippen LogP contribution >= 0.6 is 0 Å². The summed E-state index contributed by atoms with van der Waals surface area (Å²) in [6, 6.07) is 11.4. The van der Waals surface area contributed by atoms with Gasteiger partial charge < -0.3 is 19.7 Å². The molecule has 0 bridgehead atoms. The Morgan fingerprint density at radius 1 is 1.11 bits per heavy atom. The van der Waals surface area contributed by atoms with Gasteiger partial charge in [-0.2, -0.15) is 0 Å². The van der Waals surface area contributed by atoms with Crippen molar-refractivity contribution in [2.75, 3.05) is 36.5 Å². The van der Waals surface area contributed by atoms with Gasteiger partial charge in [-0.05, 0) is 38.1 Å². The highest BCUT2D eigenvalue weighted by Gasteiger charge is 2.16. The second kappa shape index (κ2) is 7.72. The van der Waals surface area contributed by atoms with Crippen LogP contribution in [-0.4, -0.2) is 42.2 Å². The van der Waals surface area contributed by atoms with Crippen molar-refractivity contribution in [1.82, 2.24) is 9.97 Å². The van der Waals surface area contributed by atoms with Crippen LogP contribution in [-0.2, 0) is 4.79 Å². The molecule has 28 heavy (non-hydrogen) atoms. The third-order valence-electron chi connectivity index (χ3n) is 4.61. The minimum absolute atomic E-state index is 0.127. The molecule has 1 amide bonds. The number of hydrogen-bond acceptors (Lipinski definition) is 6. The van der Waals surface area contributed by atoms with Crippen molar-refractivity contribution >= 4 is 28.3 Å². The van der Waals surface area contributed by atoms with Crippen molar-refractivity contribution in [3.05, 3.63) is 48.3 Å². The van der Waals surface area contributed by atoms with E-state index in [0.29, 0.717) is 36.9 Å². The molecule has 0 unspecified atom stereocenters. The summed E-state index contributed by atoms with van der Waals surface area (Å²) in [5.41, 5.74) is 2.66. The zero-order valence-electron chi connectivity index (χ0n) is 15.9. The van der Waals surface area contributed by atoms with Gasteiger partial charge in [-0.15, -0.1) is 0 Å². The van der Waals surface area contributed by atoms with Crippen molar-refractivity contribution < 1.29 is 14.3 Å². The molecule has 1 aromatic heterocycles. The number of fused-ring (bicyclic) bond motifs is 2. The number of hydrogen-bond donors (Lipinski definition) is 1. The molecule has 0 atom stereocenters. The number of nitrogens with one attached hydrogen (secondary N) is 1. The lowest BCUT2D eigenvalue weighted by Crippen LogP contribution is -2.34. The van der Waals surface area contributed by atoms with Gasteiger partial charge in [0.05, 0.1) is 12.1 Å². The number of aromatic nitrogens is 2. The Balaban J connectivity index is 1.52. The molecule has 0 fully saturated rings. The number of ether oxygens (including phenoxy) is 2. The predicted octanol–water partition coefficient (Wildman–Crippen LogP) is 3.17. The summed E-state index contributed by atoms with van der Waals surface area (Å²) in [6.07, 6.45) is 1.54. The quantitative estimate of drug-likeness (QED) is 0.735. The second-order valence-electron chi connectivity index (χ2n) is 6.64. The Hall–Kier alpha value is -3.35. The van der Waals surface area contributed by atoms with Crippen LogP contribution < -0.4 is 19.7 Å². The fraction of sp³-hybridized carbons (Fsp3) is 0.286. The Morgan fingerprint density at radius 3 is 2.75 bits per heavy atom. The zero-order chi connectivity index (χ0) is 19.5. The fourth-order valence-electron chi connectivity index (χ4n) is 3.24. The highest BCUT2D eigenvalue weighted by atomic mass is 16.6. The second-order valence-corrected chi connectivity index (χ2v) is 6.64. The molecule has 7 heteroatoms. The van der Waals surface area contributed by atoms with E-state index in [2.05, 4.69) is 15.3 Å². The molecule has 144 valence electrons. The summed E-state index contributed by atoms with van der Waals surface area (Å²) in [6.45, 7) is 5.91. The molecule has 7 nitrogen and oxygen atoms in total. The molecular weight excluding hydrogens is 356 g/mol. The largest absolute Gasteiger partial charge is 0.486 e. The van der Waals surface area contributed by atoms with Crippen LogP contribution in [0.2, 0.25) is 0 Å². The van der Waals surface area contributed by atoms with Gasteiger partial charge in [-0.25, -0.2) is 9.97 Å². The summed E-state index contributed by atoms with van der Waals surface area (Å²) in [4.78, 5) is 23.4. The van der Waals surface area contributed by atoms with Gasteiger partial charge in [0, 0.05) is 23.7 Å². The summed E-state index contributed by atoms with van der Waals surface area (Å²) in [7, 11) is 0. The van der Waals surface area contributed by atoms with Crippen molar-refractivity contribution in [2.45, 2.75) is 13.8 Å². The maximum atomic E-state index is 12.7. The number of rotatable bonds is 5. The van der Waals surface area contributed by atoms with Crippen LogP contribution in [0.4, 0.5) is 11.5 Å². The minimum atomic E-state index is -0.127. The molecule has 2 aromatic carbocycles. The molecule has 0 spiro atoms. The maximum absolute atomic E-state index is 12.7. The number of likely N-dealkylation sites (N-methyl/N-ethyl adjacent to an activating group) is 1. The summed E-state index contributed by atoms with van der Waals surface area (Å²) in [5.74, 6) is 1.97. The zero-order valence-corrected chi connectivity index (χ0v) is 15.9. The fourth-order valence-corrected chi connectivity index (χ4v) is 3.24. The van der Waals surface area contributed by atoms with E-state index in [1.165, 1.54) is 6.33 Å². The number of carbonyl (C=O) groups is 1. The number of aryl methyl sites for hydroxylation is 1. The Morgan fingerprint density at radius 2 is 1.93 bits per heavy atom. The number of benzene rings is 2. The van der Waals surface area contributed by atoms with Gasteiger partial charge in [-0.1, -0.05) is 11.6 Å². The summed E-state index contributed by atoms with van der Waals surface area (Å²) in [5, 5.41) is 3.87. The van der Waals surface area contributed by atoms with E-state index in [-0.39, 0.29) is 12.5 Å². The molecular formula is C21H22N4O3. The minimum Gasteiger partial charge on any atom is -0.486 e. The molecule has 0 saturated heterocycles. The first-order valence-electron chi connectivity index (χ1n) is 9.30. The van der Waals surface area contributed by atoms with Gasteiger partial charge >= 0.3 is 0 Å². The predicted molar refractivity (Wildman–Crippen MR) is 108 cm³/mol. The van der Waals surface area contributed by atoms with Gasteiger partial charge in [0.2, 0.25) is 5.91 Å². The van der Waals surface area contributed by atoms with E-state index in [0.717, 1.165) is 22.3 Å². The molecule has 0 radical (unpaired) electrons. The first kappa shape index (κ1) is 18.0. The molecule has 2 heterocycles. The molecule has 4 rings (SSSR count). The van der Waals surface area contributed by atoms with Gasteiger partial charge in [0.1, 0.15) is 25.4 Å². The topological polar surface area (TPSA) is 76.6 Å². The van der Waals surface area contributed by atoms with Crippen molar-refractivity contribution in [3.8, 4) is 11.5 Å². The van der Waals surface area contributed by atoms with E-state index in [1.807, 2.05) is 49.1 Å². The van der Waals surface area contributed by atoms with E-state index in [4.69, 9.17) is 9.47 Å². The molecule has 0 aliphatic carbocycles. The Bertz CT molecular complexity index is 1020. The van der Waals surface area contributed by atoms with Crippen molar-refractivity contribution in [3.63, 3.8) is 0 Å². The third kappa shape index (κ3) is 3.69. The number of anilines is 2. The van der Waals surface area contributed by atoms with Gasteiger partial charge in [-0.3, -0.25) is 4.79 Å². The van der Waals surface area contributed by atoms with Gasteiger partial charge in [0.15, 0.2) is 11.5 Å². The Labute approximate surface area is 163 Å². The lowest BCUT2D eigenvalue weighted by molar-refractivity contribution is -0.115. The van der Waals surface area contributed by atoms with Crippen molar-refractivity contribution in [2.24, 2.45) is 0 Å². The van der Waals surface area contributed by atoms with Crippen LogP contribution in [0.1, 0.15) is 12.5 Å². The summed E-state index contributed by atoms with van der Waals surface area (Å²) < 4.78 is 11.1. The van der Waals surface area contributed by atoms with E-state index in [1.54, 1.807) is 6.07 Å². The van der Waals surface area contributed by atoms with E-state index >= 15 is 0 Å². The molecule has 1 aliphatic heterocycles. The molecule has 3 aromatic rings. The van der Waals surface area contributed by atoms with Crippen LogP contribution in [0.3, 0.4) is 0 Å². The highest BCUT2D eigenvalue weighted by molar-refractivity contribution is 5.96. The molecule has 1 N–H and O–H groups in total. The van der Waals surface area contributed by atoms with Crippen LogP contribution in [0.5, 0.6) is 11.5 Å². The molecule has 1 aliphatic rings. The highest BCUT2D eigenvalue weighted by Crippen LogP contribution is 2.32. The Kier molecular flexibility index (Phi) is 4.97. The van der Waals surface area contributed by atoms with Crippen LogP contribution in [0.15, 0.2) is 42.7 Å². The first-order valence-corrected chi connectivity index (χ1v) is 9.30. The number of amides is 1.